The van der Waals surface area contributed by atoms with Crippen LogP contribution in [-0.2, 0) is 22.4 Å². The van der Waals surface area contributed by atoms with E-state index in [4.69, 9.17) is 0 Å². The van der Waals surface area contributed by atoms with Crippen LogP contribution in [0.1, 0.15) is 41.8 Å². The minimum Gasteiger partial charge on any atom is -0.289 e. The molecule has 2 aromatic rings. The third-order valence-electron chi connectivity index (χ3n) is 8.64. The van der Waals surface area contributed by atoms with Gasteiger partial charge in [-0.2, -0.15) is 0 Å². The Morgan fingerprint density at radius 2 is 1.42 bits per heavy atom. The van der Waals surface area contributed by atoms with E-state index >= 15 is 0 Å². The van der Waals surface area contributed by atoms with Gasteiger partial charge < -0.3 is 0 Å². The molecule has 0 N–H and O–H groups in total. The number of benzene rings is 2. The second kappa shape index (κ2) is 8.95. The molecule has 1 aliphatic heterocycles. The molecule has 5 aliphatic rings. The molecule has 6 atom stereocenters. The fourth-order valence-corrected chi connectivity index (χ4v) is 7.70. The lowest BCUT2D eigenvalue weighted by molar-refractivity contribution is -0.140. The molecule has 5 nitrogen and oxygen atoms in total. The summed E-state index contributed by atoms with van der Waals surface area (Å²) in [6.07, 6.45) is 6.92. The maximum Gasteiger partial charge on any atom is 0.259 e. The molecule has 1 heterocycles. The van der Waals surface area contributed by atoms with Crippen molar-refractivity contribution in [3.05, 3.63) is 74.2 Å². The molecular weight excluding hydrogens is 584 g/mol. The Labute approximate surface area is 228 Å². The summed E-state index contributed by atoms with van der Waals surface area (Å²) in [5.41, 5.74) is 3.33. The Morgan fingerprint density at radius 3 is 1.92 bits per heavy atom. The number of hydrogen-bond acceptors (Lipinski definition) is 3. The lowest BCUT2D eigenvalue weighted by Gasteiger charge is -2.37. The van der Waals surface area contributed by atoms with Crippen molar-refractivity contribution in [2.45, 2.75) is 33.1 Å². The smallest absolute Gasteiger partial charge is 0.259 e. The summed E-state index contributed by atoms with van der Waals surface area (Å²) in [6.45, 7) is 4.06. The standard InChI is InChI=1S/C29H28Br2N2O3/c1-3-15-11-19(31)12-16(4-2)26(15)32(27(34)17-5-7-18(30)8-6-17)14-33-28(35)24-20-9-10-21(23-13-22(20)23)25(24)29(33)36/h5-12,20-25H,3-4,13-14H2,1-2H3. The first kappa shape index (κ1) is 24.1. The van der Waals surface area contributed by atoms with Crippen LogP contribution in [0.25, 0.3) is 0 Å². The quantitative estimate of drug-likeness (QED) is 0.298. The van der Waals surface area contributed by atoms with E-state index in [9.17, 15) is 14.4 Å². The van der Waals surface area contributed by atoms with E-state index in [1.165, 1.54) is 4.90 Å². The molecule has 7 heteroatoms. The van der Waals surface area contributed by atoms with Crippen molar-refractivity contribution in [3.63, 3.8) is 0 Å². The second-order valence-corrected chi connectivity index (χ2v) is 12.3. The van der Waals surface area contributed by atoms with Gasteiger partial charge in [-0.15, -0.1) is 0 Å². The zero-order chi connectivity index (χ0) is 25.3. The molecule has 2 aromatic carbocycles. The fraction of sp³-hybridized carbons (Fsp3) is 0.414. The summed E-state index contributed by atoms with van der Waals surface area (Å²) >= 11 is 7.06. The highest BCUT2D eigenvalue weighted by Gasteiger charge is 2.67. The molecule has 4 aliphatic carbocycles. The third kappa shape index (κ3) is 3.65. The van der Waals surface area contributed by atoms with Gasteiger partial charge in [0.05, 0.1) is 17.5 Å². The summed E-state index contributed by atoms with van der Waals surface area (Å²) in [5, 5.41) is 0. The molecular formula is C29H28Br2N2O3. The number of rotatable bonds is 6. The third-order valence-corrected chi connectivity index (χ3v) is 9.62. The number of nitrogens with zero attached hydrogens (tertiary/aromatic N) is 2. The number of hydrogen-bond donors (Lipinski definition) is 0. The van der Waals surface area contributed by atoms with E-state index < -0.39 is 0 Å². The molecule has 6 unspecified atom stereocenters. The van der Waals surface area contributed by atoms with Crippen molar-refractivity contribution in [1.82, 2.24) is 4.90 Å². The number of allylic oxidation sites excluding steroid dienone is 2. The number of anilines is 1. The van der Waals surface area contributed by atoms with Crippen LogP contribution in [0.2, 0.25) is 0 Å². The maximum atomic E-state index is 14.0. The van der Waals surface area contributed by atoms with Gasteiger partial charge >= 0.3 is 0 Å². The van der Waals surface area contributed by atoms with Crippen LogP contribution in [0, 0.1) is 35.5 Å². The number of likely N-dealkylation sites (tertiary alicyclic amines) is 1. The summed E-state index contributed by atoms with van der Waals surface area (Å²) in [4.78, 5) is 44.6. The minimum absolute atomic E-state index is 0.0596. The highest BCUT2D eigenvalue weighted by molar-refractivity contribution is 9.10. The SMILES string of the molecule is CCc1cc(Br)cc(CC)c1N(CN1C(=O)C2C3C=CC(C4CC34)C2C1=O)C(=O)c1ccc(Br)cc1. The van der Waals surface area contributed by atoms with Gasteiger partial charge in [0, 0.05) is 14.5 Å². The first-order valence-corrected chi connectivity index (χ1v) is 14.3. The van der Waals surface area contributed by atoms with E-state index in [1.807, 2.05) is 24.3 Å². The van der Waals surface area contributed by atoms with Crippen molar-refractivity contribution in [2.75, 3.05) is 11.6 Å². The van der Waals surface area contributed by atoms with Gasteiger partial charge in [0.1, 0.15) is 6.67 Å². The second-order valence-electron chi connectivity index (χ2n) is 10.4. The van der Waals surface area contributed by atoms with Gasteiger partial charge in [-0.25, -0.2) is 0 Å². The molecule has 7 rings (SSSR count). The number of aryl methyl sites for hydroxylation is 2. The molecule has 0 aromatic heterocycles. The largest absolute Gasteiger partial charge is 0.289 e. The fourth-order valence-electron chi connectivity index (χ4n) is 6.89. The molecule has 0 radical (unpaired) electrons. The number of halogens is 2. The van der Waals surface area contributed by atoms with Crippen LogP contribution in [-0.4, -0.2) is 29.3 Å². The Balaban J connectivity index is 1.41. The van der Waals surface area contributed by atoms with Crippen LogP contribution in [0.5, 0.6) is 0 Å². The Morgan fingerprint density at radius 1 is 0.889 bits per heavy atom. The zero-order valence-corrected chi connectivity index (χ0v) is 23.5. The molecule has 36 heavy (non-hydrogen) atoms. The van der Waals surface area contributed by atoms with Crippen molar-refractivity contribution < 1.29 is 14.4 Å². The highest BCUT2D eigenvalue weighted by atomic mass is 79.9. The van der Waals surface area contributed by atoms with Crippen LogP contribution in [0.3, 0.4) is 0 Å². The first-order valence-electron chi connectivity index (χ1n) is 12.8. The maximum absolute atomic E-state index is 14.0. The summed E-state index contributed by atoms with van der Waals surface area (Å²) in [7, 11) is 0. The van der Waals surface area contributed by atoms with Crippen molar-refractivity contribution in [1.29, 1.82) is 0 Å². The van der Waals surface area contributed by atoms with E-state index in [0.29, 0.717) is 17.4 Å². The van der Waals surface area contributed by atoms with Crippen molar-refractivity contribution >= 4 is 55.3 Å². The average Bonchev–Trinajstić information content (AvgIpc) is 3.67. The number of amides is 3. The van der Waals surface area contributed by atoms with Crippen molar-refractivity contribution in [2.24, 2.45) is 35.5 Å². The van der Waals surface area contributed by atoms with Crippen LogP contribution >= 0.6 is 31.9 Å². The highest BCUT2D eigenvalue weighted by Crippen LogP contribution is 2.65. The molecule has 2 saturated carbocycles. The van der Waals surface area contributed by atoms with E-state index in [1.54, 1.807) is 17.0 Å². The molecule has 3 fully saturated rings. The summed E-state index contributed by atoms with van der Waals surface area (Å²) in [6, 6.07) is 11.3. The van der Waals surface area contributed by atoms with Gasteiger partial charge in [0.15, 0.2) is 0 Å². The topological polar surface area (TPSA) is 57.7 Å². The van der Waals surface area contributed by atoms with Gasteiger partial charge in [0.25, 0.3) is 5.91 Å². The van der Waals surface area contributed by atoms with Gasteiger partial charge in [-0.1, -0.05) is 57.9 Å². The Kier molecular flexibility index (Phi) is 5.99. The number of carbonyl (C=O) groups is 3. The Hall–Kier alpha value is -2.25. The lowest BCUT2D eigenvalue weighted by atomic mass is 9.63. The molecule has 0 spiro atoms. The predicted octanol–water partition coefficient (Wildman–Crippen LogP) is 5.99. The number of carbonyl (C=O) groups excluding carboxylic acids is 3. The molecule has 2 bridgehead atoms. The van der Waals surface area contributed by atoms with Crippen LogP contribution in [0.15, 0.2) is 57.5 Å². The normalized spacial score (nSPS) is 29.4. The first-order chi connectivity index (χ1) is 17.3. The van der Waals surface area contributed by atoms with Crippen molar-refractivity contribution in [3.8, 4) is 0 Å². The van der Waals surface area contributed by atoms with Gasteiger partial charge in [0.2, 0.25) is 11.8 Å². The average molecular weight is 612 g/mol. The van der Waals surface area contributed by atoms with Gasteiger partial charge in [-0.05, 0) is 90.5 Å². The molecule has 186 valence electrons. The summed E-state index contributed by atoms with van der Waals surface area (Å²) < 4.78 is 1.84. The predicted molar refractivity (Wildman–Crippen MR) is 145 cm³/mol. The number of imide groups is 1. The zero-order valence-electron chi connectivity index (χ0n) is 20.3. The van der Waals surface area contributed by atoms with E-state index in [0.717, 1.165) is 45.0 Å². The van der Waals surface area contributed by atoms with E-state index in [2.05, 4.69) is 57.9 Å². The Bertz CT molecular complexity index is 1240. The summed E-state index contributed by atoms with van der Waals surface area (Å²) in [5.74, 6) is 0.414. The molecule has 1 saturated heterocycles. The lowest BCUT2D eigenvalue weighted by Crippen LogP contribution is -2.46. The van der Waals surface area contributed by atoms with E-state index in [-0.39, 0.29) is 48.1 Å². The van der Waals surface area contributed by atoms with Crippen LogP contribution in [0.4, 0.5) is 5.69 Å². The van der Waals surface area contributed by atoms with Crippen LogP contribution < -0.4 is 4.90 Å². The molecule has 3 amide bonds. The monoisotopic (exact) mass is 610 g/mol. The minimum atomic E-state index is -0.276. The van der Waals surface area contributed by atoms with Gasteiger partial charge in [-0.3, -0.25) is 24.2 Å².